The minimum atomic E-state index is -0.574. The number of unbranched alkanes of at least 4 members (excludes halogenated alkanes) is 5. The van der Waals surface area contributed by atoms with E-state index in [0.29, 0.717) is 23.5 Å². The Morgan fingerprint density at radius 2 is 1.54 bits per heavy atom. The van der Waals surface area contributed by atoms with Crippen molar-refractivity contribution in [1.82, 2.24) is 5.43 Å². The summed E-state index contributed by atoms with van der Waals surface area (Å²) in [6.45, 7) is 2.84. The zero-order valence-electron chi connectivity index (χ0n) is 20.8. The third-order valence-corrected chi connectivity index (χ3v) is 5.55. The third-order valence-electron chi connectivity index (χ3n) is 5.55. The quantitative estimate of drug-likeness (QED) is 0.0938. The molecule has 0 aliphatic carbocycles. The van der Waals surface area contributed by atoms with Gasteiger partial charge in [-0.05, 0) is 67.1 Å². The van der Waals surface area contributed by atoms with Crippen molar-refractivity contribution in [2.24, 2.45) is 5.10 Å². The summed E-state index contributed by atoms with van der Waals surface area (Å²) in [5, 5.41) is 14.0. The topological polar surface area (TPSA) is 97.2 Å². The molecule has 37 heavy (non-hydrogen) atoms. The van der Waals surface area contributed by atoms with Gasteiger partial charge in [-0.1, -0.05) is 39.0 Å². The third kappa shape index (κ3) is 9.07. The van der Waals surface area contributed by atoms with Gasteiger partial charge in [0.2, 0.25) is 0 Å². The fraction of sp³-hybridized carbons (Fsp3) is 0.276. The Kier molecular flexibility index (Phi) is 10.6. The summed E-state index contributed by atoms with van der Waals surface area (Å²) >= 11 is 0. The molecule has 194 valence electrons. The number of esters is 1. The Labute approximate surface area is 215 Å². The number of carbonyl (C=O) groups is 2. The molecule has 0 fully saturated rings. The summed E-state index contributed by atoms with van der Waals surface area (Å²) in [6.07, 6.45) is 8.37. The van der Waals surface area contributed by atoms with E-state index in [2.05, 4.69) is 17.5 Å². The van der Waals surface area contributed by atoms with Gasteiger partial charge in [0.05, 0.1) is 18.4 Å². The van der Waals surface area contributed by atoms with E-state index in [9.17, 15) is 19.1 Å². The molecule has 0 atom stereocenters. The fourth-order valence-corrected chi connectivity index (χ4v) is 3.45. The van der Waals surface area contributed by atoms with Crippen molar-refractivity contribution >= 4 is 18.1 Å². The predicted octanol–water partition coefficient (Wildman–Crippen LogP) is 6.25. The first kappa shape index (κ1) is 27.4. The summed E-state index contributed by atoms with van der Waals surface area (Å²) in [6, 6.07) is 16.0. The number of aromatic hydroxyl groups is 1. The van der Waals surface area contributed by atoms with Gasteiger partial charge < -0.3 is 14.6 Å². The minimum Gasteiger partial charge on any atom is -0.507 e. The molecule has 0 aliphatic heterocycles. The number of halogens is 1. The summed E-state index contributed by atoms with van der Waals surface area (Å²) in [5.41, 5.74) is 3.18. The second-order valence-corrected chi connectivity index (χ2v) is 8.46. The summed E-state index contributed by atoms with van der Waals surface area (Å²) in [7, 11) is 0. The van der Waals surface area contributed by atoms with E-state index in [1.54, 1.807) is 24.3 Å². The van der Waals surface area contributed by atoms with Crippen LogP contribution in [-0.4, -0.2) is 29.8 Å². The van der Waals surface area contributed by atoms with Crippen LogP contribution in [0.1, 0.15) is 71.7 Å². The Morgan fingerprint density at radius 3 is 2.24 bits per heavy atom. The molecular formula is C29H31FN2O5. The molecule has 0 saturated heterocycles. The maximum Gasteiger partial charge on any atom is 0.343 e. The molecule has 0 radical (unpaired) electrons. The standard InChI is InChI=1S/C29H31FN2O5/c1-2-3-4-5-6-7-18-36-25-15-10-22(11-16-25)29(35)37-26-17-12-23(27(33)19-26)20-31-32-28(34)21-8-13-24(30)14-9-21/h8-17,19-20,33H,2-7,18H2,1H3,(H,32,34)/b31-20+. The van der Waals surface area contributed by atoms with Crippen LogP contribution in [0.3, 0.4) is 0 Å². The lowest BCUT2D eigenvalue weighted by atomic mass is 10.1. The monoisotopic (exact) mass is 506 g/mol. The average molecular weight is 507 g/mol. The van der Waals surface area contributed by atoms with Gasteiger partial charge in [-0.3, -0.25) is 4.79 Å². The zero-order chi connectivity index (χ0) is 26.5. The van der Waals surface area contributed by atoms with Gasteiger partial charge in [-0.2, -0.15) is 5.10 Å². The van der Waals surface area contributed by atoms with E-state index in [0.717, 1.165) is 12.8 Å². The average Bonchev–Trinajstić information content (AvgIpc) is 2.90. The van der Waals surface area contributed by atoms with E-state index in [1.165, 1.54) is 74.4 Å². The SMILES string of the molecule is CCCCCCCCOc1ccc(C(=O)Oc2ccc(/C=N/NC(=O)c3ccc(F)cc3)c(O)c2)cc1. The van der Waals surface area contributed by atoms with Crippen LogP contribution in [0.15, 0.2) is 71.8 Å². The first-order valence-electron chi connectivity index (χ1n) is 12.3. The number of hydrogen-bond donors (Lipinski definition) is 2. The lowest BCUT2D eigenvalue weighted by Gasteiger charge is -2.08. The number of amides is 1. The number of rotatable bonds is 13. The number of phenolic OH excluding ortho intramolecular Hbond substituents is 1. The molecule has 0 heterocycles. The minimum absolute atomic E-state index is 0.151. The van der Waals surface area contributed by atoms with Crippen molar-refractivity contribution in [1.29, 1.82) is 0 Å². The second-order valence-electron chi connectivity index (χ2n) is 8.46. The van der Waals surface area contributed by atoms with Crippen LogP contribution in [0, 0.1) is 5.82 Å². The van der Waals surface area contributed by atoms with Crippen LogP contribution in [0.2, 0.25) is 0 Å². The van der Waals surface area contributed by atoms with Gasteiger partial charge in [0.1, 0.15) is 23.1 Å². The van der Waals surface area contributed by atoms with Crippen LogP contribution < -0.4 is 14.9 Å². The molecule has 0 bridgehead atoms. The molecule has 0 aliphatic rings. The van der Waals surface area contributed by atoms with Gasteiger partial charge in [0, 0.05) is 17.2 Å². The van der Waals surface area contributed by atoms with Gasteiger partial charge >= 0.3 is 5.97 Å². The lowest BCUT2D eigenvalue weighted by Crippen LogP contribution is -2.17. The Hall–Kier alpha value is -4.20. The lowest BCUT2D eigenvalue weighted by molar-refractivity contribution is 0.0734. The molecule has 8 heteroatoms. The number of nitrogens with one attached hydrogen (secondary N) is 1. The van der Waals surface area contributed by atoms with Gasteiger partial charge in [0.25, 0.3) is 5.91 Å². The van der Waals surface area contributed by atoms with E-state index in [4.69, 9.17) is 9.47 Å². The van der Waals surface area contributed by atoms with Crippen molar-refractivity contribution in [3.05, 3.63) is 89.2 Å². The molecule has 0 unspecified atom stereocenters. The molecule has 3 aromatic carbocycles. The van der Waals surface area contributed by atoms with Crippen molar-refractivity contribution in [2.75, 3.05) is 6.61 Å². The van der Waals surface area contributed by atoms with Gasteiger partial charge in [0.15, 0.2) is 0 Å². The number of benzene rings is 3. The van der Waals surface area contributed by atoms with E-state index < -0.39 is 17.7 Å². The summed E-state index contributed by atoms with van der Waals surface area (Å²) in [4.78, 5) is 24.5. The number of nitrogens with zero attached hydrogens (tertiary/aromatic N) is 1. The highest BCUT2D eigenvalue weighted by Gasteiger charge is 2.11. The molecule has 3 aromatic rings. The zero-order valence-corrected chi connectivity index (χ0v) is 20.8. The molecule has 3 rings (SSSR count). The number of phenols is 1. The molecule has 2 N–H and O–H groups in total. The van der Waals surface area contributed by atoms with Crippen molar-refractivity contribution < 1.29 is 28.6 Å². The molecule has 7 nitrogen and oxygen atoms in total. The van der Waals surface area contributed by atoms with Crippen LogP contribution in [0.5, 0.6) is 17.2 Å². The van der Waals surface area contributed by atoms with E-state index >= 15 is 0 Å². The Bertz CT molecular complexity index is 1190. The largest absolute Gasteiger partial charge is 0.507 e. The maximum absolute atomic E-state index is 13.0. The Morgan fingerprint density at radius 1 is 0.892 bits per heavy atom. The van der Waals surface area contributed by atoms with Crippen molar-refractivity contribution in [2.45, 2.75) is 45.4 Å². The first-order chi connectivity index (χ1) is 18.0. The van der Waals surface area contributed by atoms with Crippen LogP contribution in [0.4, 0.5) is 4.39 Å². The highest BCUT2D eigenvalue weighted by Crippen LogP contribution is 2.23. The van der Waals surface area contributed by atoms with Crippen LogP contribution in [-0.2, 0) is 0 Å². The highest BCUT2D eigenvalue weighted by atomic mass is 19.1. The summed E-state index contributed by atoms with van der Waals surface area (Å²) in [5.74, 6) is -0.898. The molecule has 0 spiro atoms. The fourth-order valence-electron chi connectivity index (χ4n) is 3.45. The van der Waals surface area contributed by atoms with Crippen LogP contribution in [0.25, 0.3) is 0 Å². The van der Waals surface area contributed by atoms with Crippen LogP contribution >= 0.6 is 0 Å². The smallest absolute Gasteiger partial charge is 0.343 e. The molecule has 0 saturated carbocycles. The number of hydrazone groups is 1. The van der Waals surface area contributed by atoms with Crippen molar-refractivity contribution in [3.63, 3.8) is 0 Å². The maximum atomic E-state index is 13.0. The van der Waals surface area contributed by atoms with Gasteiger partial charge in [-0.25, -0.2) is 14.6 Å². The van der Waals surface area contributed by atoms with Gasteiger partial charge in [-0.15, -0.1) is 0 Å². The second kappa shape index (κ2) is 14.4. The highest BCUT2D eigenvalue weighted by molar-refractivity contribution is 5.95. The number of carbonyl (C=O) groups excluding carboxylic acids is 2. The number of hydrogen-bond acceptors (Lipinski definition) is 6. The number of ether oxygens (including phenoxy) is 2. The summed E-state index contributed by atoms with van der Waals surface area (Å²) < 4.78 is 24.0. The first-order valence-corrected chi connectivity index (χ1v) is 12.3. The van der Waals surface area contributed by atoms with E-state index in [1.807, 2.05) is 0 Å². The molecule has 1 amide bonds. The molecular weight excluding hydrogens is 475 g/mol. The van der Waals surface area contributed by atoms with Crippen molar-refractivity contribution in [3.8, 4) is 17.2 Å². The Balaban J connectivity index is 1.46. The van der Waals surface area contributed by atoms with E-state index in [-0.39, 0.29) is 17.1 Å². The normalized spacial score (nSPS) is 10.9. The predicted molar refractivity (Wildman–Crippen MR) is 140 cm³/mol. The molecule has 0 aromatic heterocycles.